The Morgan fingerprint density at radius 2 is 2.24 bits per heavy atom. The zero-order valence-corrected chi connectivity index (χ0v) is 12.8. The molecule has 0 amide bonds. The standard InChI is InChI=1S/C15H23N3O3/c1-11(2)17-5-4-12(10-17)9-16-13-6-14(18(19)20)8-15(7-13)21-3/h6-8,11-12,16H,4-5,9-10H2,1-3H3. The quantitative estimate of drug-likeness (QED) is 0.645. The molecule has 1 fully saturated rings. The van der Waals surface area contributed by atoms with E-state index in [0.29, 0.717) is 17.7 Å². The van der Waals surface area contributed by atoms with Crippen LogP contribution in [0.15, 0.2) is 18.2 Å². The first-order valence-electron chi connectivity index (χ1n) is 7.31. The van der Waals surface area contributed by atoms with Gasteiger partial charge in [0.15, 0.2) is 0 Å². The summed E-state index contributed by atoms with van der Waals surface area (Å²) in [6.45, 7) is 7.45. The number of anilines is 1. The molecule has 0 saturated carbocycles. The zero-order valence-electron chi connectivity index (χ0n) is 12.8. The van der Waals surface area contributed by atoms with Crippen LogP contribution in [0.5, 0.6) is 5.75 Å². The van der Waals surface area contributed by atoms with Crippen molar-refractivity contribution in [1.82, 2.24) is 4.90 Å². The molecule has 1 saturated heterocycles. The first-order chi connectivity index (χ1) is 9.99. The summed E-state index contributed by atoms with van der Waals surface area (Å²) in [5.74, 6) is 1.08. The highest BCUT2D eigenvalue weighted by Crippen LogP contribution is 2.26. The van der Waals surface area contributed by atoms with E-state index in [1.54, 1.807) is 12.1 Å². The van der Waals surface area contributed by atoms with Crippen molar-refractivity contribution in [2.45, 2.75) is 26.3 Å². The van der Waals surface area contributed by atoms with Crippen molar-refractivity contribution in [3.05, 3.63) is 28.3 Å². The molecular weight excluding hydrogens is 270 g/mol. The molecular formula is C15H23N3O3. The van der Waals surface area contributed by atoms with Gasteiger partial charge in [-0.15, -0.1) is 0 Å². The summed E-state index contributed by atoms with van der Waals surface area (Å²) in [5.41, 5.74) is 0.788. The Balaban J connectivity index is 1.97. The van der Waals surface area contributed by atoms with Crippen molar-refractivity contribution < 1.29 is 9.66 Å². The Morgan fingerprint density at radius 3 is 2.81 bits per heavy atom. The predicted octanol–water partition coefficient (Wildman–Crippen LogP) is 2.75. The zero-order chi connectivity index (χ0) is 15.4. The van der Waals surface area contributed by atoms with Gasteiger partial charge in [-0.2, -0.15) is 0 Å². The maximum absolute atomic E-state index is 10.9. The largest absolute Gasteiger partial charge is 0.496 e. The van der Waals surface area contributed by atoms with Crippen LogP contribution < -0.4 is 10.1 Å². The molecule has 116 valence electrons. The summed E-state index contributed by atoms with van der Waals surface area (Å²) < 4.78 is 5.11. The molecule has 1 atom stereocenters. The molecule has 0 spiro atoms. The molecule has 6 nitrogen and oxygen atoms in total. The molecule has 0 aromatic heterocycles. The Labute approximate surface area is 125 Å². The maximum Gasteiger partial charge on any atom is 0.275 e. The summed E-state index contributed by atoms with van der Waals surface area (Å²) in [7, 11) is 1.51. The van der Waals surface area contributed by atoms with Crippen LogP contribution in [0.25, 0.3) is 0 Å². The number of ether oxygens (including phenoxy) is 1. The average Bonchev–Trinajstić information content (AvgIpc) is 2.93. The normalized spacial score (nSPS) is 19.0. The van der Waals surface area contributed by atoms with Crippen molar-refractivity contribution >= 4 is 11.4 Å². The van der Waals surface area contributed by atoms with E-state index in [-0.39, 0.29) is 5.69 Å². The molecule has 1 aromatic carbocycles. The van der Waals surface area contributed by atoms with Gasteiger partial charge >= 0.3 is 0 Å². The molecule has 0 aliphatic carbocycles. The summed E-state index contributed by atoms with van der Waals surface area (Å²) in [6, 6.07) is 5.36. The Kier molecular flexibility index (Phi) is 5.01. The summed E-state index contributed by atoms with van der Waals surface area (Å²) >= 11 is 0. The van der Waals surface area contributed by atoms with E-state index in [9.17, 15) is 10.1 Å². The van der Waals surface area contributed by atoms with Crippen LogP contribution in [-0.2, 0) is 0 Å². The fraction of sp³-hybridized carbons (Fsp3) is 0.600. The lowest BCUT2D eigenvalue weighted by atomic mass is 10.1. The Morgan fingerprint density at radius 1 is 1.48 bits per heavy atom. The van der Waals surface area contributed by atoms with Gasteiger partial charge < -0.3 is 15.0 Å². The number of nitro groups is 1. The molecule has 1 heterocycles. The van der Waals surface area contributed by atoms with Crippen LogP contribution in [0.4, 0.5) is 11.4 Å². The van der Waals surface area contributed by atoms with Crippen molar-refractivity contribution in [3.63, 3.8) is 0 Å². The molecule has 1 aliphatic heterocycles. The second-order valence-corrected chi connectivity index (χ2v) is 5.80. The second-order valence-electron chi connectivity index (χ2n) is 5.80. The number of nitrogens with zero attached hydrogens (tertiary/aromatic N) is 2. The van der Waals surface area contributed by atoms with E-state index in [0.717, 1.165) is 31.7 Å². The number of nitrogens with one attached hydrogen (secondary N) is 1. The monoisotopic (exact) mass is 293 g/mol. The predicted molar refractivity (Wildman–Crippen MR) is 83.0 cm³/mol. The third-order valence-corrected chi connectivity index (χ3v) is 3.98. The highest BCUT2D eigenvalue weighted by atomic mass is 16.6. The van der Waals surface area contributed by atoms with Crippen molar-refractivity contribution in [2.75, 3.05) is 32.1 Å². The van der Waals surface area contributed by atoms with Crippen LogP contribution in [0, 0.1) is 16.0 Å². The fourth-order valence-electron chi connectivity index (χ4n) is 2.67. The van der Waals surface area contributed by atoms with Crippen LogP contribution in [0.1, 0.15) is 20.3 Å². The fourth-order valence-corrected chi connectivity index (χ4v) is 2.67. The molecule has 0 bridgehead atoms. The molecule has 1 unspecified atom stereocenters. The SMILES string of the molecule is COc1cc(NCC2CCN(C(C)C)C2)cc([N+](=O)[O-])c1. The number of likely N-dealkylation sites (tertiary alicyclic amines) is 1. The lowest BCUT2D eigenvalue weighted by Crippen LogP contribution is -2.29. The van der Waals surface area contributed by atoms with Crippen LogP contribution >= 0.6 is 0 Å². The van der Waals surface area contributed by atoms with Gasteiger partial charge in [0.25, 0.3) is 5.69 Å². The topological polar surface area (TPSA) is 67.6 Å². The van der Waals surface area contributed by atoms with E-state index in [1.165, 1.54) is 13.2 Å². The van der Waals surface area contributed by atoms with E-state index in [2.05, 4.69) is 24.1 Å². The highest BCUT2D eigenvalue weighted by molar-refractivity contribution is 5.56. The lowest BCUT2D eigenvalue weighted by Gasteiger charge is -2.20. The Hall–Kier alpha value is -1.82. The molecule has 2 rings (SSSR count). The molecule has 1 N–H and O–H groups in total. The van der Waals surface area contributed by atoms with E-state index < -0.39 is 4.92 Å². The van der Waals surface area contributed by atoms with Crippen molar-refractivity contribution in [2.24, 2.45) is 5.92 Å². The van der Waals surface area contributed by atoms with Gasteiger partial charge in [0.2, 0.25) is 0 Å². The van der Waals surface area contributed by atoms with Gasteiger partial charge in [0.1, 0.15) is 5.75 Å². The summed E-state index contributed by atoms with van der Waals surface area (Å²) in [4.78, 5) is 13.0. The van der Waals surface area contributed by atoms with Gasteiger partial charge in [-0.1, -0.05) is 0 Å². The van der Waals surface area contributed by atoms with E-state index in [1.807, 2.05) is 0 Å². The van der Waals surface area contributed by atoms with Crippen LogP contribution in [-0.4, -0.2) is 42.6 Å². The molecule has 1 aromatic rings. The Bertz CT molecular complexity index is 505. The number of methoxy groups -OCH3 is 1. The average molecular weight is 293 g/mol. The van der Waals surface area contributed by atoms with E-state index in [4.69, 9.17) is 4.74 Å². The number of benzene rings is 1. The van der Waals surface area contributed by atoms with Crippen LogP contribution in [0.3, 0.4) is 0 Å². The number of hydrogen-bond acceptors (Lipinski definition) is 5. The number of nitro benzene ring substituents is 1. The first kappa shape index (κ1) is 15.6. The molecule has 6 heteroatoms. The minimum Gasteiger partial charge on any atom is -0.496 e. The van der Waals surface area contributed by atoms with Gasteiger partial charge in [0.05, 0.1) is 18.1 Å². The van der Waals surface area contributed by atoms with Gasteiger partial charge in [-0.3, -0.25) is 10.1 Å². The third-order valence-electron chi connectivity index (χ3n) is 3.98. The maximum atomic E-state index is 10.9. The molecule has 1 aliphatic rings. The van der Waals surface area contributed by atoms with Crippen molar-refractivity contribution in [3.8, 4) is 5.75 Å². The lowest BCUT2D eigenvalue weighted by molar-refractivity contribution is -0.384. The first-order valence-corrected chi connectivity index (χ1v) is 7.31. The number of non-ortho nitro benzene ring substituents is 1. The van der Waals surface area contributed by atoms with Crippen LogP contribution in [0.2, 0.25) is 0 Å². The van der Waals surface area contributed by atoms with E-state index >= 15 is 0 Å². The molecule has 0 radical (unpaired) electrons. The van der Waals surface area contributed by atoms with Crippen molar-refractivity contribution in [1.29, 1.82) is 0 Å². The van der Waals surface area contributed by atoms with Gasteiger partial charge in [-0.25, -0.2) is 0 Å². The summed E-state index contributed by atoms with van der Waals surface area (Å²) in [5, 5.41) is 14.2. The minimum absolute atomic E-state index is 0.0482. The third kappa shape index (κ3) is 4.07. The number of hydrogen-bond donors (Lipinski definition) is 1. The minimum atomic E-state index is -0.399. The van der Waals surface area contributed by atoms with Gasteiger partial charge in [-0.05, 0) is 32.7 Å². The highest BCUT2D eigenvalue weighted by Gasteiger charge is 2.24. The number of rotatable bonds is 6. The molecule has 21 heavy (non-hydrogen) atoms. The second kappa shape index (κ2) is 6.76. The summed E-state index contributed by atoms with van der Waals surface area (Å²) in [6.07, 6.45) is 1.16. The smallest absolute Gasteiger partial charge is 0.275 e. The van der Waals surface area contributed by atoms with Gasteiger partial charge in [0, 0.05) is 37.0 Å².